The topological polar surface area (TPSA) is 61.2 Å². The number of rotatable bonds is 3. The molecule has 19 heavy (non-hydrogen) atoms. The fourth-order valence-electron chi connectivity index (χ4n) is 1.59. The molecule has 4 nitrogen and oxygen atoms in total. The largest absolute Gasteiger partial charge is 0.293 e. The summed E-state index contributed by atoms with van der Waals surface area (Å²) < 4.78 is 0. The molecule has 1 aliphatic heterocycles. The first-order chi connectivity index (χ1) is 9.15. The van der Waals surface area contributed by atoms with Crippen LogP contribution in [0.15, 0.2) is 41.8 Å². The van der Waals surface area contributed by atoms with Crippen LogP contribution in [0.4, 0.5) is 4.79 Å². The van der Waals surface area contributed by atoms with E-state index in [9.17, 15) is 9.59 Å². The lowest BCUT2D eigenvalue weighted by molar-refractivity contribution is -0.122. The number of nitriles is 1. The highest BCUT2D eigenvalue weighted by molar-refractivity contribution is 8.18. The third-order valence-electron chi connectivity index (χ3n) is 2.52. The number of hydrogen-bond acceptors (Lipinski definition) is 4. The summed E-state index contributed by atoms with van der Waals surface area (Å²) in [5, 5.41) is 8.41. The lowest BCUT2D eigenvalue weighted by Gasteiger charge is -2.07. The van der Waals surface area contributed by atoms with E-state index in [4.69, 9.17) is 5.26 Å². The van der Waals surface area contributed by atoms with Crippen molar-refractivity contribution in [3.8, 4) is 6.07 Å². The van der Waals surface area contributed by atoms with Gasteiger partial charge in [0, 0.05) is 6.54 Å². The Bertz CT molecular complexity index is 611. The molecule has 0 spiro atoms. The number of amides is 2. The van der Waals surface area contributed by atoms with Gasteiger partial charge in [0.05, 0.1) is 16.5 Å². The molecule has 1 saturated heterocycles. The maximum absolute atomic E-state index is 11.9. The van der Waals surface area contributed by atoms with Gasteiger partial charge in [-0.05, 0) is 35.5 Å². The van der Waals surface area contributed by atoms with E-state index in [1.165, 1.54) is 6.08 Å². The summed E-state index contributed by atoms with van der Waals surface area (Å²) in [5.74, 6) is -0.306. The van der Waals surface area contributed by atoms with Crippen LogP contribution in [0, 0.1) is 11.3 Å². The Morgan fingerprint density at radius 3 is 2.58 bits per heavy atom. The predicted octanol–water partition coefficient (Wildman–Crippen LogP) is 2.78. The van der Waals surface area contributed by atoms with Gasteiger partial charge in [-0.1, -0.05) is 18.2 Å². The smallest absolute Gasteiger partial charge is 0.268 e. The Hall–Kier alpha value is -2.32. The number of imide groups is 1. The van der Waals surface area contributed by atoms with E-state index in [1.54, 1.807) is 30.3 Å². The van der Waals surface area contributed by atoms with Crippen molar-refractivity contribution in [3.63, 3.8) is 0 Å². The summed E-state index contributed by atoms with van der Waals surface area (Å²) in [5.41, 5.74) is 1.33. The Balaban J connectivity index is 2.24. The fraction of sp³-hybridized carbons (Fsp3) is 0.0714. The zero-order chi connectivity index (χ0) is 13.8. The molecular formula is C14H10N2O2S. The van der Waals surface area contributed by atoms with Crippen molar-refractivity contribution in [2.24, 2.45) is 0 Å². The number of carbonyl (C=O) groups excluding carboxylic acids is 2. The second-order valence-electron chi connectivity index (χ2n) is 3.81. The molecule has 2 rings (SSSR count). The Morgan fingerprint density at radius 2 is 2.00 bits per heavy atom. The summed E-state index contributed by atoms with van der Waals surface area (Å²) in [6.45, 7) is 3.73. The van der Waals surface area contributed by atoms with Crippen LogP contribution >= 0.6 is 11.8 Å². The molecule has 0 radical (unpaired) electrons. The van der Waals surface area contributed by atoms with Crippen molar-refractivity contribution in [1.29, 1.82) is 5.26 Å². The van der Waals surface area contributed by atoms with Crippen LogP contribution in [0.25, 0.3) is 6.08 Å². The maximum atomic E-state index is 11.9. The van der Waals surface area contributed by atoms with Gasteiger partial charge < -0.3 is 0 Å². The summed E-state index contributed by atoms with van der Waals surface area (Å²) in [7, 11) is 0. The summed E-state index contributed by atoms with van der Waals surface area (Å²) >= 11 is 0.912. The van der Waals surface area contributed by atoms with Crippen LogP contribution in [-0.2, 0) is 4.79 Å². The van der Waals surface area contributed by atoms with Crippen molar-refractivity contribution in [3.05, 3.63) is 53.0 Å². The minimum Gasteiger partial charge on any atom is -0.268 e. The molecule has 1 heterocycles. The molecular weight excluding hydrogens is 260 g/mol. The second-order valence-corrected chi connectivity index (χ2v) is 4.81. The first-order valence-corrected chi connectivity index (χ1v) is 6.34. The van der Waals surface area contributed by atoms with Gasteiger partial charge in [0.15, 0.2) is 0 Å². The predicted molar refractivity (Wildman–Crippen MR) is 74.0 cm³/mol. The zero-order valence-corrected chi connectivity index (χ0v) is 10.8. The van der Waals surface area contributed by atoms with Crippen molar-refractivity contribution in [2.75, 3.05) is 6.54 Å². The maximum Gasteiger partial charge on any atom is 0.293 e. The van der Waals surface area contributed by atoms with Crippen LogP contribution in [0.3, 0.4) is 0 Å². The molecule has 0 saturated carbocycles. The van der Waals surface area contributed by atoms with Crippen LogP contribution < -0.4 is 0 Å². The molecule has 0 atom stereocenters. The quantitative estimate of drug-likeness (QED) is 0.626. The third-order valence-corrected chi connectivity index (χ3v) is 3.43. The van der Waals surface area contributed by atoms with E-state index in [0.29, 0.717) is 10.5 Å². The van der Waals surface area contributed by atoms with Gasteiger partial charge in [0.25, 0.3) is 11.1 Å². The van der Waals surface area contributed by atoms with E-state index >= 15 is 0 Å². The minimum absolute atomic E-state index is 0.218. The van der Waals surface area contributed by atoms with E-state index in [1.807, 2.05) is 6.07 Å². The summed E-state index contributed by atoms with van der Waals surface area (Å²) in [6, 6.07) is 8.83. The number of nitrogens with zero attached hydrogens (tertiary/aromatic N) is 2. The molecule has 2 amide bonds. The second kappa shape index (κ2) is 5.55. The van der Waals surface area contributed by atoms with Gasteiger partial charge in [-0.2, -0.15) is 5.26 Å². The lowest BCUT2D eigenvalue weighted by Crippen LogP contribution is -2.27. The van der Waals surface area contributed by atoms with Gasteiger partial charge in [0.2, 0.25) is 0 Å². The highest BCUT2D eigenvalue weighted by Gasteiger charge is 2.33. The highest BCUT2D eigenvalue weighted by atomic mass is 32.2. The Labute approximate surface area is 115 Å². The van der Waals surface area contributed by atoms with E-state index in [2.05, 4.69) is 6.58 Å². The number of benzene rings is 1. The monoisotopic (exact) mass is 270 g/mol. The van der Waals surface area contributed by atoms with E-state index in [-0.39, 0.29) is 17.7 Å². The van der Waals surface area contributed by atoms with E-state index in [0.717, 1.165) is 22.2 Å². The Kier molecular flexibility index (Phi) is 3.83. The minimum atomic E-state index is -0.306. The number of thioether (sulfide) groups is 1. The third kappa shape index (κ3) is 2.75. The molecule has 1 fully saturated rings. The molecule has 5 heteroatoms. The average molecular weight is 270 g/mol. The lowest BCUT2D eigenvalue weighted by atomic mass is 10.1. The average Bonchev–Trinajstić information content (AvgIpc) is 2.68. The van der Waals surface area contributed by atoms with Crippen LogP contribution in [0.5, 0.6) is 0 Å². The molecule has 1 aromatic carbocycles. The van der Waals surface area contributed by atoms with Crippen LogP contribution in [-0.4, -0.2) is 22.6 Å². The van der Waals surface area contributed by atoms with Gasteiger partial charge >= 0.3 is 0 Å². The first-order valence-electron chi connectivity index (χ1n) is 5.52. The molecule has 0 bridgehead atoms. The number of carbonyl (C=O) groups is 2. The molecule has 1 aromatic rings. The standard InChI is InChI=1S/C14H10N2O2S/c1-2-7-16-13(17)12(19-14(16)18)8-10-3-5-11(9-15)6-4-10/h2-6,8H,1,7H2/b12-8+. The summed E-state index contributed by atoms with van der Waals surface area (Å²) in [4.78, 5) is 25.1. The van der Waals surface area contributed by atoms with E-state index < -0.39 is 0 Å². The number of hydrogen-bond donors (Lipinski definition) is 0. The first kappa shape index (κ1) is 13.1. The zero-order valence-electron chi connectivity index (χ0n) is 10.00. The van der Waals surface area contributed by atoms with Crippen molar-refractivity contribution >= 4 is 29.0 Å². The van der Waals surface area contributed by atoms with Crippen LogP contribution in [0.1, 0.15) is 11.1 Å². The highest BCUT2D eigenvalue weighted by Crippen LogP contribution is 2.31. The van der Waals surface area contributed by atoms with Crippen molar-refractivity contribution < 1.29 is 9.59 Å². The molecule has 0 unspecified atom stereocenters. The SMILES string of the molecule is C=CCN1C(=O)S/C(=C/c2ccc(C#N)cc2)C1=O. The van der Waals surface area contributed by atoms with Gasteiger partial charge in [-0.25, -0.2) is 0 Å². The molecule has 0 aromatic heterocycles. The molecule has 94 valence electrons. The van der Waals surface area contributed by atoms with Crippen molar-refractivity contribution in [2.45, 2.75) is 0 Å². The normalized spacial score (nSPS) is 16.8. The summed E-state index contributed by atoms with van der Waals surface area (Å²) in [6.07, 6.45) is 3.16. The van der Waals surface area contributed by atoms with Crippen molar-refractivity contribution in [1.82, 2.24) is 4.90 Å². The van der Waals surface area contributed by atoms with Gasteiger partial charge in [-0.15, -0.1) is 6.58 Å². The van der Waals surface area contributed by atoms with Crippen LogP contribution in [0.2, 0.25) is 0 Å². The molecule has 1 aliphatic rings. The van der Waals surface area contributed by atoms with Gasteiger partial charge in [-0.3, -0.25) is 14.5 Å². The Morgan fingerprint density at radius 1 is 1.32 bits per heavy atom. The van der Waals surface area contributed by atoms with Gasteiger partial charge in [0.1, 0.15) is 0 Å². The molecule has 0 aliphatic carbocycles. The molecule has 0 N–H and O–H groups in total. The fourth-order valence-corrected chi connectivity index (χ4v) is 2.44.